The predicted octanol–water partition coefficient (Wildman–Crippen LogP) is 1.29. The highest BCUT2D eigenvalue weighted by atomic mass is 32.2. The topological polar surface area (TPSA) is 60.2 Å². The first kappa shape index (κ1) is 12.2. The van der Waals surface area contributed by atoms with E-state index in [1.807, 2.05) is 19.1 Å². The molecule has 15 heavy (non-hydrogen) atoms. The van der Waals surface area contributed by atoms with Gasteiger partial charge in [-0.05, 0) is 37.5 Å². The summed E-state index contributed by atoms with van der Waals surface area (Å²) < 4.78 is 22.7. The minimum absolute atomic E-state index is 0.0912. The van der Waals surface area contributed by atoms with Gasteiger partial charge in [-0.2, -0.15) is 0 Å². The SMILES string of the molecule is Cc1cc(CC(C)N)ccc1S(C)(=O)=O. The molecular formula is C11H17NO2S. The van der Waals surface area contributed by atoms with Crippen LogP contribution in [0, 0.1) is 6.92 Å². The molecule has 0 bridgehead atoms. The van der Waals surface area contributed by atoms with Gasteiger partial charge in [0.2, 0.25) is 0 Å². The van der Waals surface area contributed by atoms with Crippen LogP contribution in [0.2, 0.25) is 0 Å². The molecule has 3 nitrogen and oxygen atoms in total. The van der Waals surface area contributed by atoms with E-state index in [4.69, 9.17) is 5.73 Å². The van der Waals surface area contributed by atoms with Gasteiger partial charge < -0.3 is 5.73 Å². The van der Waals surface area contributed by atoms with Crippen molar-refractivity contribution in [3.05, 3.63) is 29.3 Å². The van der Waals surface area contributed by atoms with E-state index in [1.165, 1.54) is 6.26 Å². The number of hydrogen-bond acceptors (Lipinski definition) is 3. The molecule has 84 valence electrons. The van der Waals surface area contributed by atoms with Crippen LogP contribution >= 0.6 is 0 Å². The number of hydrogen-bond donors (Lipinski definition) is 1. The first-order valence-corrected chi connectivity index (χ1v) is 6.75. The Balaban J connectivity index is 3.09. The van der Waals surface area contributed by atoms with Crippen molar-refractivity contribution in [1.29, 1.82) is 0 Å². The Hall–Kier alpha value is -0.870. The van der Waals surface area contributed by atoms with Crippen LogP contribution in [0.4, 0.5) is 0 Å². The molecule has 0 heterocycles. The summed E-state index contributed by atoms with van der Waals surface area (Å²) >= 11 is 0. The zero-order valence-electron chi connectivity index (χ0n) is 9.32. The van der Waals surface area contributed by atoms with E-state index < -0.39 is 9.84 Å². The van der Waals surface area contributed by atoms with E-state index >= 15 is 0 Å². The van der Waals surface area contributed by atoms with Gasteiger partial charge in [0, 0.05) is 12.3 Å². The Labute approximate surface area is 91.2 Å². The Morgan fingerprint density at radius 1 is 1.40 bits per heavy atom. The van der Waals surface area contributed by atoms with Crippen molar-refractivity contribution in [3.63, 3.8) is 0 Å². The van der Waals surface area contributed by atoms with Crippen molar-refractivity contribution in [2.75, 3.05) is 6.26 Å². The van der Waals surface area contributed by atoms with Crippen LogP contribution in [-0.2, 0) is 16.3 Å². The summed E-state index contributed by atoms with van der Waals surface area (Å²) in [5.41, 5.74) is 7.55. The van der Waals surface area contributed by atoms with Crippen LogP contribution in [0.15, 0.2) is 23.1 Å². The number of rotatable bonds is 3. The average Bonchev–Trinajstić information content (AvgIpc) is 1.99. The van der Waals surface area contributed by atoms with E-state index in [2.05, 4.69) is 0 Å². The number of aryl methyl sites for hydroxylation is 1. The minimum Gasteiger partial charge on any atom is -0.328 e. The molecular weight excluding hydrogens is 210 g/mol. The highest BCUT2D eigenvalue weighted by Crippen LogP contribution is 2.17. The zero-order chi connectivity index (χ0) is 11.6. The molecule has 0 aromatic heterocycles. The van der Waals surface area contributed by atoms with Gasteiger partial charge in [0.05, 0.1) is 4.90 Å². The van der Waals surface area contributed by atoms with Crippen LogP contribution in [0.5, 0.6) is 0 Å². The molecule has 2 N–H and O–H groups in total. The summed E-state index contributed by atoms with van der Waals surface area (Å²) in [7, 11) is -3.11. The second-order valence-corrected chi connectivity index (χ2v) is 6.04. The minimum atomic E-state index is -3.11. The lowest BCUT2D eigenvalue weighted by molar-refractivity contribution is 0.601. The second kappa shape index (κ2) is 4.33. The van der Waals surface area contributed by atoms with Crippen molar-refractivity contribution >= 4 is 9.84 Å². The zero-order valence-corrected chi connectivity index (χ0v) is 10.1. The molecule has 0 aliphatic rings. The Morgan fingerprint density at radius 2 is 2.00 bits per heavy atom. The third-order valence-electron chi connectivity index (χ3n) is 2.20. The highest BCUT2D eigenvalue weighted by molar-refractivity contribution is 7.90. The van der Waals surface area contributed by atoms with Crippen LogP contribution in [0.25, 0.3) is 0 Å². The summed E-state index contributed by atoms with van der Waals surface area (Å²) in [5, 5.41) is 0. The molecule has 1 rings (SSSR count). The van der Waals surface area contributed by atoms with Crippen molar-refractivity contribution in [1.82, 2.24) is 0 Å². The van der Waals surface area contributed by atoms with E-state index in [-0.39, 0.29) is 6.04 Å². The molecule has 1 unspecified atom stereocenters. The molecule has 4 heteroatoms. The third-order valence-corrected chi connectivity index (χ3v) is 3.45. The van der Waals surface area contributed by atoms with E-state index in [1.54, 1.807) is 13.0 Å². The van der Waals surface area contributed by atoms with Crippen molar-refractivity contribution in [3.8, 4) is 0 Å². The molecule has 0 aliphatic carbocycles. The van der Waals surface area contributed by atoms with Gasteiger partial charge in [-0.15, -0.1) is 0 Å². The summed E-state index contributed by atoms with van der Waals surface area (Å²) in [5.74, 6) is 0. The first-order valence-electron chi connectivity index (χ1n) is 4.86. The second-order valence-electron chi connectivity index (χ2n) is 4.05. The van der Waals surface area contributed by atoms with E-state index in [0.717, 1.165) is 17.5 Å². The first-order chi connectivity index (χ1) is 6.80. The Bertz CT molecular complexity index is 450. The van der Waals surface area contributed by atoms with Crippen LogP contribution < -0.4 is 5.73 Å². The van der Waals surface area contributed by atoms with Gasteiger partial charge in [-0.3, -0.25) is 0 Å². The monoisotopic (exact) mass is 227 g/mol. The van der Waals surface area contributed by atoms with Crippen LogP contribution in [0.1, 0.15) is 18.1 Å². The molecule has 0 amide bonds. The van der Waals surface area contributed by atoms with Gasteiger partial charge in [-0.1, -0.05) is 12.1 Å². The Morgan fingerprint density at radius 3 is 2.40 bits per heavy atom. The quantitative estimate of drug-likeness (QED) is 0.846. The van der Waals surface area contributed by atoms with Crippen LogP contribution in [-0.4, -0.2) is 20.7 Å². The maximum atomic E-state index is 11.4. The molecule has 1 atom stereocenters. The maximum Gasteiger partial charge on any atom is 0.175 e. The van der Waals surface area contributed by atoms with Crippen molar-refractivity contribution < 1.29 is 8.42 Å². The molecule has 0 saturated heterocycles. The lowest BCUT2D eigenvalue weighted by atomic mass is 10.1. The lowest BCUT2D eigenvalue weighted by Gasteiger charge is -2.08. The summed E-state index contributed by atoms with van der Waals surface area (Å²) in [6.07, 6.45) is 1.99. The molecule has 1 aromatic rings. The number of benzene rings is 1. The molecule has 0 fully saturated rings. The normalized spacial score (nSPS) is 13.9. The van der Waals surface area contributed by atoms with Gasteiger partial charge in [0.1, 0.15) is 0 Å². The molecule has 0 spiro atoms. The largest absolute Gasteiger partial charge is 0.328 e. The third kappa shape index (κ3) is 3.32. The van der Waals surface area contributed by atoms with Crippen LogP contribution in [0.3, 0.4) is 0 Å². The fourth-order valence-corrected chi connectivity index (χ4v) is 2.59. The summed E-state index contributed by atoms with van der Waals surface area (Å²) in [6.45, 7) is 3.74. The smallest absolute Gasteiger partial charge is 0.175 e. The molecule has 0 saturated carbocycles. The lowest BCUT2D eigenvalue weighted by Crippen LogP contribution is -2.17. The highest BCUT2D eigenvalue weighted by Gasteiger charge is 2.10. The fourth-order valence-electron chi connectivity index (χ4n) is 1.63. The van der Waals surface area contributed by atoms with Crippen molar-refractivity contribution in [2.24, 2.45) is 5.73 Å². The van der Waals surface area contributed by atoms with Gasteiger partial charge >= 0.3 is 0 Å². The van der Waals surface area contributed by atoms with Gasteiger partial charge in [0.25, 0.3) is 0 Å². The Kier molecular flexibility index (Phi) is 3.52. The average molecular weight is 227 g/mol. The maximum absolute atomic E-state index is 11.4. The van der Waals surface area contributed by atoms with Gasteiger partial charge in [-0.25, -0.2) is 8.42 Å². The van der Waals surface area contributed by atoms with Gasteiger partial charge in [0.15, 0.2) is 9.84 Å². The molecule has 1 aromatic carbocycles. The standard InChI is InChI=1S/C11H17NO2S/c1-8-6-10(7-9(2)12)4-5-11(8)15(3,13)14/h4-6,9H,7,12H2,1-3H3. The van der Waals surface area contributed by atoms with E-state index in [0.29, 0.717) is 4.90 Å². The molecule has 0 aliphatic heterocycles. The predicted molar refractivity (Wildman–Crippen MR) is 61.6 cm³/mol. The fraction of sp³-hybridized carbons (Fsp3) is 0.455. The number of sulfone groups is 1. The van der Waals surface area contributed by atoms with Crippen molar-refractivity contribution in [2.45, 2.75) is 31.2 Å². The van der Waals surface area contributed by atoms with E-state index in [9.17, 15) is 8.42 Å². The summed E-state index contributed by atoms with van der Waals surface area (Å²) in [6, 6.07) is 5.46. The molecule has 0 radical (unpaired) electrons. The number of nitrogens with two attached hydrogens (primary N) is 1. The summed E-state index contributed by atoms with van der Waals surface area (Å²) in [4.78, 5) is 0.399.